The Balaban J connectivity index is 2.52. The number of likely N-dealkylation sites (tertiary alicyclic amines) is 1. The molecule has 0 aliphatic carbocycles. The molecule has 0 unspecified atom stereocenters. The first kappa shape index (κ1) is 16.4. The molecular formula is C13H11BF3NO4. The zero-order chi connectivity index (χ0) is 16.7. The first-order valence-corrected chi connectivity index (χ1v) is 6.22. The third kappa shape index (κ3) is 2.68. The first-order valence-electron chi connectivity index (χ1n) is 6.22. The zero-order valence-electron chi connectivity index (χ0n) is 11.4. The van der Waals surface area contributed by atoms with Crippen molar-refractivity contribution in [2.75, 3.05) is 13.6 Å². The van der Waals surface area contributed by atoms with E-state index in [1.165, 1.54) is 11.9 Å². The fraction of sp³-hybridized carbons (Fsp3) is 0.308. The number of rotatable bonds is 1. The molecule has 1 saturated heterocycles. The maximum atomic E-state index is 13.9. The van der Waals surface area contributed by atoms with Gasteiger partial charge in [0.15, 0.2) is 11.6 Å². The summed E-state index contributed by atoms with van der Waals surface area (Å²) in [4.78, 5) is 12.9. The zero-order valence-corrected chi connectivity index (χ0v) is 11.4. The van der Waals surface area contributed by atoms with Crippen molar-refractivity contribution in [3.05, 3.63) is 29.1 Å². The minimum atomic E-state index is -2.36. The molecule has 22 heavy (non-hydrogen) atoms. The number of carbonyl (C=O) groups is 1. The van der Waals surface area contributed by atoms with E-state index in [1.54, 1.807) is 0 Å². The predicted molar refractivity (Wildman–Crippen MR) is 70.2 cm³/mol. The molecule has 1 atom stereocenters. The fourth-order valence-corrected chi connectivity index (χ4v) is 2.06. The Kier molecular flexibility index (Phi) is 4.20. The summed E-state index contributed by atoms with van der Waals surface area (Å²) >= 11 is 0. The van der Waals surface area contributed by atoms with Crippen molar-refractivity contribution < 1.29 is 33.1 Å². The van der Waals surface area contributed by atoms with Crippen LogP contribution in [-0.4, -0.2) is 52.3 Å². The van der Waals surface area contributed by atoms with Gasteiger partial charge >= 0.3 is 7.12 Å². The van der Waals surface area contributed by atoms with Crippen LogP contribution < -0.4 is 5.46 Å². The van der Waals surface area contributed by atoms with Crippen LogP contribution in [0.25, 0.3) is 0 Å². The third-order valence-corrected chi connectivity index (χ3v) is 3.37. The Morgan fingerprint density at radius 3 is 2.45 bits per heavy atom. The van der Waals surface area contributed by atoms with Crippen LogP contribution in [-0.2, 0) is 4.79 Å². The Morgan fingerprint density at radius 2 is 1.95 bits per heavy atom. The standard InChI is InChI=1S/C13H11BF3NO4/c1-18-5-4-13(20,12(18)19)3-2-7-10(16)8(14(21)22)6-9(15)11(7)17/h6,20-22H,4-5H2,1H3/t13-/m1/s1. The largest absolute Gasteiger partial charge is 0.491 e. The Morgan fingerprint density at radius 1 is 1.32 bits per heavy atom. The maximum absolute atomic E-state index is 13.9. The number of aliphatic hydroxyl groups is 1. The smallest absolute Gasteiger partial charge is 0.423 e. The summed E-state index contributed by atoms with van der Waals surface area (Å²) in [6, 6.07) is 0.295. The van der Waals surface area contributed by atoms with Gasteiger partial charge in [-0.15, -0.1) is 0 Å². The van der Waals surface area contributed by atoms with E-state index in [2.05, 4.69) is 0 Å². The topological polar surface area (TPSA) is 81.0 Å². The summed E-state index contributed by atoms with van der Waals surface area (Å²) in [6.07, 6.45) is -0.0661. The molecule has 2 rings (SSSR count). The van der Waals surface area contributed by atoms with Gasteiger partial charge in [-0.1, -0.05) is 11.8 Å². The highest BCUT2D eigenvalue weighted by atomic mass is 19.2. The van der Waals surface area contributed by atoms with Gasteiger partial charge in [0.2, 0.25) is 5.60 Å². The number of carbonyl (C=O) groups excluding carboxylic acids is 1. The summed E-state index contributed by atoms with van der Waals surface area (Å²) in [5.41, 5.74) is -4.10. The second kappa shape index (κ2) is 5.64. The van der Waals surface area contributed by atoms with Crippen LogP contribution in [0.3, 0.4) is 0 Å². The molecule has 3 N–H and O–H groups in total. The third-order valence-electron chi connectivity index (χ3n) is 3.37. The van der Waals surface area contributed by atoms with Crippen LogP contribution in [0.15, 0.2) is 6.07 Å². The van der Waals surface area contributed by atoms with Gasteiger partial charge in [-0.3, -0.25) is 4.79 Å². The maximum Gasteiger partial charge on any atom is 0.491 e. The van der Waals surface area contributed by atoms with Gasteiger partial charge in [0.1, 0.15) is 5.82 Å². The molecule has 0 aromatic heterocycles. The van der Waals surface area contributed by atoms with E-state index in [4.69, 9.17) is 10.0 Å². The van der Waals surface area contributed by atoms with E-state index in [-0.39, 0.29) is 13.0 Å². The van der Waals surface area contributed by atoms with Gasteiger partial charge < -0.3 is 20.1 Å². The van der Waals surface area contributed by atoms with Crippen LogP contribution in [0.5, 0.6) is 0 Å². The molecule has 1 aromatic rings. The summed E-state index contributed by atoms with van der Waals surface area (Å²) in [5, 5.41) is 27.9. The van der Waals surface area contributed by atoms with E-state index >= 15 is 0 Å². The molecular weight excluding hydrogens is 302 g/mol. The lowest BCUT2D eigenvalue weighted by molar-refractivity contribution is -0.137. The Hall–Kier alpha value is -2.02. The summed E-state index contributed by atoms with van der Waals surface area (Å²) in [5.74, 6) is -1.45. The van der Waals surface area contributed by atoms with Crippen LogP contribution in [0.1, 0.15) is 12.0 Å². The van der Waals surface area contributed by atoms with Crippen LogP contribution in [0.4, 0.5) is 13.2 Å². The summed E-state index contributed by atoms with van der Waals surface area (Å²) < 4.78 is 40.9. The lowest BCUT2D eigenvalue weighted by Gasteiger charge is -2.13. The predicted octanol–water partition coefficient (Wildman–Crippen LogP) is -1.27. The fourth-order valence-electron chi connectivity index (χ4n) is 2.06. The molecule has 1 heterocycles. The number of halogens is 3. The SMILES string of the molecule is CN1CC[C@](O)(C#Cc2c(F)c(F)cc(B(O)O)c2F)C1=O. The molecule has 0 radical (unpaired) electrons. The van der Waals surface area contributed by atoms with Crippen LogP contribution in [0.2, 0.25) is 0 Å². The van der Waals surface area contributed by atoms with Gasteiger partial charge in [0, 0.05) is 25.5 Å². The van der Waals surface area contributed by atoms with Gasteiger partial charge in [0.25, 0.3) is 5.91 Å². The van der Waals surface area contributed by atoms with Gasteiger partial charge in [-0.05, 0) is 6.07 Å². The van der Waals surface area contributed by atoms with Crippen LogP contribution in [0, 0.1) is 29.3 Å². The monoisotopic (exact) mass is 313 g/mol. The molecule has 0 bridgehead atoms. The Bertz CT molecular complexity index is 701. The second-order valence-corrected chi connectivity index (χ2v) is 4.91. The number of amides is 1. The average Bonchev–Trinajstić information content (AvgIpc) is 2.71. The highest BCUT2D eigenvalue weighted by Gasteiger charge is 2.42. The van der Waals surface area contributed by atoms with Crippen molar-refractivity contribution >= 4 is 18.5 Å². The molecule has 1 aliphatic heterocycles. The van der Waals surface area contributed by atoms with E-state index in [1.807, 2.05) is 11.8 Å². The number of hydrogen-bond donors (Lipinski definition) is 3. The van der Waals surface area contributed by atoms with E-state index in [0.29, 0.717) is 6.07 Å². The van der Waals surface area contributed by atoms with Crippen molar-refractivity contribution in [1.29, 1.82) is 0 Å². The highest BCUT2D eigenvalue weighted by molar-refractivity contribution is 6.58. The summed E-state index contributed by atoms with van der Waals surface area (Å²) in [7, 11) is -0.941. The molecule has 9 heteroatoms. The number of hydrogen-bond acceptors (Lipinski definition) is 4. The molecule has 0 spiro atoms. The second-order valence-electron chi connectivity index (χ2n) is 4.91. The van der Waals surface area contributed by atoms with Crippen molar-refractivity contribution in [3.63, 3.8) is 0 Å². The summed E-state index contributed by atoms with van der Waals surface area (Å²) in [6.45, 7) is 0.207. The first-order chi connectivity index (χ1) is 10.2. The van der Waals surface area contributed by atoms with Gasteiger partial charge in [0.05, 0.1) is 5.56 Å². The number of nitrogens with zero attached hydrogens (tertiary/aromatic N) is 1. The van der Waals surface area contributed by atoms with E-state index < -0.39 is 47.1 Å². The quantitative estimate of drug-likeness (QED) is 0.343. The average molecular weight is 313 g/mol. The van der Waals surface area contributed by atoms with E-state index in [9.17, 15) is 23.1 Å². The number of benzene rings is 1. The van der Waals surface area contributed by atoms with Gasteiger partial charge in [-0.25, -0.2) is 13.2 Å². The molecule has 116 valence electrons. The van der Waals surface area contributed by atoms with Crippen molar-refractivity contribution in [1.82, 2.24) is 4.90 Å². The van der Waals surface area contributed by atoms with Crippen LogP contribution >= 0.6 is 0 Å². The molecule has 1 aliphatic rings. The minimum absolute atomic E-state index is 0.0661. The van der Waals surface area contributed by atoms with Crippen molar-refractivity contribution in [2.45, 2.75) is 12.0 Å². The highest BCUT2D eigenvalue weighted by Crippen LogP contribution is 2.21. The minimum Gasteiger partial charge on any atom is -0.423 e. The molecule has 0 saturated carbocycles. The van der Waals surface area contributed by atoms with E-state index in [0.717, 1.165) is 0 Å². The van der Waals surface area contributed by atoms with Crippen molar-refractivity contribution in [2.24, 2.45) is 0 Å². The normalized spacial score (nSPS) is 20.9. The molecule has 1 aromatic carbocycles. The lowest BCUT2D eigenvalue weighted by atomic mass is 9.78. The Labute approximate surface area is 124 Å². The number of likely N-dealkylation sites (N-methyl/N-ethyl adjacent to an activating group) is 1. The van der Waals surface area contributed by atoms with Gasteiger partial charge in [-0.2, -0.15) is 0 Å². The lowest BCUT2D eigenvalue weighted by Crippen LogP contribution is -2.37. The van der Waals surface area contributed by atoms with Crippen molar-refractivity contribution in [3.8, 4) is 11.8 Å². The molecule has 5 nitrogen and oxygen atoms in total. The molecule has 1 amide bonds. The molecule has 1 fully saturated rings.